The van der Waals surface area contributed by atoms with E-state index in [1.54, 1.807) is 0 Å². The summed E-state index contributed by atoms with van der Waals surface area (Å²) in [6, 6.07) is 3.39. The van der Waals surface area contributed by atoms with Gasteiger partial charge in [-0.05, 0) is 12.1 Å². The number of urea groups is 2. The minimum atomic E-state index is -4.56. The maximum absolute atomic E-state index is 12.9. The third-order valence-electron chi connectivity index (χ3n) is 2.97. The van der Waals surface area contributed by atoms with Crippen molar-refractivity contribution in [1.29, 1.82) is 0 Å². The second kappa shape index (κ2) is 5.03. The van der Waals surface area contributed by atoms with Crippen LogP contribution >= 0.6 is 0 Å². The second-order valence-electron chi connectivity index (χ2n) is 4.16. The van der Waals surface area contributed by atoms with Gasteiger partial charge >= 0.3 is 18.2 Å². The van der Waals surface area contributed by atoms with Crippen LogP contribution in [0.4, 0.5) is 28.4 Å². The summed E-state index contributed by atoms with van der Waals surface area (Å²) in [4.78, 5) is 25.3. The molecule has 108 valence electrons. The summed E-state index contributed by atoms with van der Waals surface area (Å²) < 4.78 is 38.8. The van der Waals surface area contributed by atoms with E-state index < -0.39 is 23.8 Å². The van der Waals surface area contributed by atoms with E-state index in [1.807, 2.05) is 0 Å². The first-order chi connectivity index (χ1) is 9.36. The lowest BCUT2D eigenvalue weighted by Crippen LogP contribution is -2.41. The number of carbonyl (C=O) groups is 2. The smallest absolute Gasteiger partial charge is 0.341 e. The monoisotopic (exact) mass is 287 g/mol. The third kappa shape index (κ3) is 2.40. The highest BCUT2D eigenvalue weighted by atomic mass is 19.4. The summed E-state index contributed by atoms with van der Waals surface area (Å²) in [7, 11) is 1.35. The van der Waals surface area contributed by atoms with Gasteiger partial charge in [-0.3, -0.25) is 4.90 Å². The molecule has 1 aromatic carbocycles. The van der Waals surface area contributed by atoms with Crippen LogP contribution in [0.25, 0.3) is 0 Å². The van der Waals surface area contributed by atoms with Crippen LogP contribution in [0.5, 0.6) is 0 Å². The molecule has 20 heavy (non-hydrogen) atoms. The van der Waals surface area contributed by atoms with E-state index in [4.69, 9.17) is 0 Å². The molecule has 1 aliphatic rings. The van der Waals surface area contributed by atoms with Crippen LogP contribution in [-0.4, -0.2) is 37.1 Å². The number of carbonyl (C=O) groups excluding carboxylic acids is 2. The van der Waals surface area contributed by atoms with Gasteiger partial charge in [-0.25, -0.2) is 14.5 Å². The SMILES string of the molecule is CNC(=O)N1CCN(c2ccccc2C(F)(F)F)C1=O. The third-order valence-corrected chi connectivity index (χ3v) is 2.97. The highest BCUT2D eigenvalue weighted by molar-refractivity contribution is 6.04. The van der Waals surface area contributed by atoms with Crippen molar-refractivity contribution in [3.05, 3.63) is 29.8 Å². The molecule has 0 atom stereocenters. The Labute approximate surface area is 113 Å². The number of para-hydroxylation sites is 1. The second-order valence-corrected chi connectivity index (χ2v) is 4.16. The van der Waals surface area contributed by atoms with Crippen LogP contribution in [0.2, 0.25) is 0 Å². The number of nitrogens with zero attached hydrogens (tertiary/aromatic N) is 2. The van der Waals surface area contributed by atoms with Crippen LogP contribution < -0.4 is 10.2 Å². The van der Waals surface area contributed by atoms with E-state index in [9.17, 15) is 22.8 Å². The lowest BCUT2D eigenvalue weighted by Gasteiger charge is -2.21. The number of alkyl halides is 3. The first kappa shape index (κ1) is 14.2. The molecule has 8 heteroatoms. The number of halogens is 3. The number of hydrogen-bond donors (Lipinski definition) is 1. The van der Waals surface area contributed by atoms with Crippen LogP contribution in [-0.2, 0) is 6.18 Å². The van der Waals surface area contributed by atoms with Crippen molar-refractivity contribution in [2.24, 2.45) is 0 Å². The fourth-order valence-electron chi connectivity index (χ4n) is 2.03. The van der Waals surface area contributed by atoms with Crippen molar-refractivity contribution in [1.82, 2.24) is 10.2 Å². The number of nitrogens with one attached hydrogen (secondary N) is 1. The van der Waals surface area contributed by atoms with Crippen LogP contribution in [0.15, 0.2) is 24.3 Å². The lowest BCUT2D eigenvalue weighted by atomic mass is 10.1. The van der Waals surface area contributed by atoms with Gasteiger partial charge in [0, 0.05) is 13.6 Å². The summed E-state index contributed by atoms with van der Waals surface area (Å²) in [6.07, 6.45) is -4.56. The molecule has 0 aromatic heterocycles. The minimum Gasteiger partial charge on any atom is -0.341 e. The van der Waals surface area contributed by atoms with E-state index in [0.717, 1.165) is 15.9 Å². The van der Waals surface area contributed by atoms with E-state index in [-0.39, 0.29) is 18.8 Å². The summed E-state index contributed by atoms with van der Waals surface area (Å²) >= 11 is 0. The normalized spacial score (nSPS) is 15.7. The van der Waals surface area contributed by atoms with Gasteiger partial charge in [0.2, 0.25) is 0 Å². The van der Waals surface area contributed by atoms with Gasteiger partial charge in [-0.2, -0.15) is 13.2 Å². The Morgan fingerprint density at radius 1 is 1.25 bits per heavy atom. The highest BCUT2D eigenvalue weighted by Crippen LogP contribution is 2.37. The topological polar surface area (TPSA) is 52.7 Å². The molecule has 1 N–H and O–H groups in total. The van der Waals surface area contributed by atoms with Crippen molar-refractivity contribution in [2.75, 3.05) is 25.0 Å². The minimum absolute atomic E-state index is 0.0271. The molecule has 5 nitrogen and oxygen atoms in total. The van der Waals surface area contributed by atoms with Gasteiger partial charge in [0.25, 0.3) is 0 Å². The molecule has 1 fully saturated rings. The van der Waals surface area contributed by atoms with Gasteiger partial charge in [0.15, 0.2) is 0 Å². The number of anilines is 1. The maximum Gasteiger partial charge on any atom is 0.418 e. The number of imide groups is 1. The number of rotatable bonds is 1. The lowest BCUT2D eigenvalue weighted by molar-refractivity contribution is -0.137. The molecule has 0 bridgehead atoms. The molecular weight excluding hydrogens is 275 g/mol. The largest absolute Gasteiger partial charge is 0.418 e. The number of benzene rings is 1. The quantitative estimate of drug-likeness (QED) is 0.861. The molecule has 1 heterocycles. The van der Waals surface area contributed by atoms with Crippen LogP contribution in [0.1, 0.15) is 5.56 Å². The molecule has 0 saturated carbocycles. The van der Waals surface area contributed by atoms with Crippen molar-refractivity contribution in [3.63, 3.8) is 0 Å². The van der Waals surface area contributed by atoms with Gasteiger partial charge in [-0.1, -0.05) is 12.1 Å². The molecular formula is C12H12F3N3O2. The average molecular weight is 287 g/mol. The molecule has 1 saturated heterocycles. The van der Waals surface area contributed by atoms with Crippen molar-refractivity contribution < 1.29 is 22.8 Å². The van der Waals surface area contributed by atoms with E-state index in [2.05, 4.69) is 5.32 Å². The summed E-state index contributed by atoms with van der Waals surface area (Å²) in [6.45, 7) is 0.0735. The number of hydrogen-bond acceptors (Lipinski definition) is 2. The predicted molar refractivity (Wildman–Crippen MR) is 65.3 cm³/mol. The Bertz CT molecular complexity index is 545. The fraction of sp³-hybridized carbons (Fsp3) is 0.333. The van der Waals surface area contributed by atoms with Gasteiger partial charge in [0.1, 0.15) is 0 Å². The molecule has 1 aromatic rings. The molecule has 0 radical (unpaired) electrons. The summed E-state index contributed by atoms with van der Waals surface area (Å²) in [5.74, 6) is 0. The Balaban J connectivity index is 2.35. The van der Waals surface area contributed by atoms with E-state index >= 15 is 0 Å². The Hall–Kier alpha value is -2.25. The fourth-order valence-corrected chi connectivity index (χ4v) is 2.03. The molecule has 2 rings (SSSR count). The zero-order valence-corrected chi connectivity index (χ0v) is 10.6. The van der Waals surface area contributed by atoms with Crippen molar-refractivity contribution in [3.8, 4) is 0 Å². The Morgan fingerprint density at radius 3 is 2.50 bits per heavy atom. The first-order valence-corrected chi connectivity index (χ1v) is 5.83. The summed E-state index contributed by atoms with van der Waals surface area (Å²) in [5.41, 5.74) is -1.14. The summed E-state index contributed by atoms with van der Waals surface area (Å²) in [5, 5.41) is 2.27. The zero-order valence-electron chi connectivity index (χ0n) is 10.6. The number of amides is 4. The molecule has 4 amide bonds. The molecule has 0 aliphatic carbocycles. The average Bonchev–Trinajstić information content (AvgIpc) is 2.78. The van der Waals surface area contributed by atoms with Crippen molar-refractivity contribution >= 4 is 17.7 Å². The van der Waals surface area contributed by atoms with Crippen LogP contribution in [0.3, 0.4) is 0 Å². The zero-order chi connectivity index (χ0) is 14.9. The Morgan fingerprint density at radius 2 is 1.90 bits per heavy atom. The highest BCUT2D eigenvalue weighted by Gasteiger charge is 2.40. The molecule has 0 unspecified atom stereocenters. The van der Waals surface area contributed by atoms with Crippen molar-refractivity contribution in [2.45, 2.75) is 6.18 Å². The van der Waals surface area contributed by atoms with E-state index in [0.29, 0.717) is 0 Å². The predicted octanol–water partition coefficient (Wildman–Crippen LogP) is 2.29. The standard InChI is InChI=1S/C12H12F3N3O2/c1-16-10(19)18-7-6-17(11(18)20)9-5-3-2-4-8(9)12(13,14)15/h2-5H,6-7H2,1H3,(H,16,19). The van der Waals surface area contributed by atoms with Gasteiger partial charge in [-0.15, -0.1) is 0 Å². The molecule has 1 aliphatic heterocycles. The van der Waals surface area contributed by atoms with E-state index in [1.165, 1.54) is 25.2 Å². The first-order valence-electron chi connectivity index (χ1n) is 5.83. The maximum atomic E-state index is 12.9. The van der Waals surface area contributed by atoms with Gasteiger partial charge in [0.05, 0.1) is 17.8 Å². The van der Waals surface area contributed by atoms with Crippen LogP contribution in [0, 0.1) is 0 Å². The molecule has 0 spiro atoms. The Kier molecular flexibility index (Phi) is 3.56. The van der Waals surface area contributed by atoms with Gasteiger partial charge < -0.3 is 5.32 Å².